The zero-order valence-electron chi connectivity index (χ0n) is 18.8. The Morgan fingerprint density at radius 1 is 1.00 bits per heavy atom. The van der Waals surface area contributed by atoms with E-state index in [9.17, 15) is 9.59 Å². The Bertz CT molecular complexity index is 1420. The van der Waals surface area contributed by atoms with Crippen LogP contribution in [0, 0.1) is 6.92 Å². The molecule has 5 nitrogen and oxygen atoms in total. The number of hydrogen-bond donors (Lipinski definition) is 0. The van der Waals surface area contributed by atoms with Crippen molar-refractivity contribution in [3.8, 4) is 11.3 Å². The van der Waals surface area contributed by atoms with Gasteiger partial charge in [0.15, 0.2) is 6.61 Å². The van der Waals surface area contributed by atoms with E-state index in [0.29, 0.717) is 45.8 Å². The lowest BCUT2D eigenvalue weighted by molar-refractivity contribution is -0.135. The summed E-state index contributed by atoms with van der Waals surface area (Å²) in [5.74, 6) is -0.737. The molecule has 6 heteroatoms. The van der Waals surface area contributed by atoms with Crippen LogP contribution >= 0.6 is 11.6 Å². The average Bonchev–Trinajstić information content (AvgIpc) is 2.86. The van der Waals surface area contributed by atoms with E-state index >= 15 is 0 Å². The third kappa shape index (κ3) is 4.27. The molecule has 4 aromatic rings. The van der Waals surface area contributed by atoms with E-state index in [2.05, 4.69) is 6.07 Å². The molecule has 0 radical (unpaired) electrons. The number of carbonyl (C=O) groups is 2. The standard InChI is InChI=1S/C28H23ClN2O3/c1-18-26(23-11-4-5-12-24(23)30-27(18)20-9-6-10-22(29)15-20)28(33)34-17-25(32)31-14-13-19-7-2-3-8-21(19)16-31/h2-12,15H,13-14,16-17H2,1H3. The van der Waals surface area contributed by atoms with Crippen LogP contribution in [-0.4, -0.2) is 34.9 Å². The van der Waals surface area contributed by atoms with E-state index in [4.69, 9.17) is 21.3 Å². The lowest BCUT2D eigenvalue weighted by Gasteiger charge is -2.28. The molecule has 0 N–H and O–H groups in total. The first-order valence-corrected chi connectivity index (χ1v) is 11.6. The Kier molecular flexibility index (Phi) is 6.03. The molecule has 0 bridgehead atoms. The van der Waals surface area contributed by atoms with Gasteiger partial charge in [-0.15, -0.1) is 0 Å². The summed E-state index contributed by atoms with van der Waals surface area (Å²) in [6, 6.07) is 22.9. The molecule has 0 aliphatic carbocycles. The van der Waals surface area contributed by atoms with Crippen molar-refractivity contribution in [1.82, 2.24) is 9.88 Å². The van der Waals surface area contributed by atoms with Gasteiger partial charge in [0, 0.05) is 29.1 Å². The summed E-state index contributed by atoms with van der Waals surface area (Å²) in [5, 5.41) is 1.28. The fourth-order valence-electron chi connectivity index (χ4n) is 4.49. The normalized spacial score (nSPS) is 12.9. The molecular formula is C28H23ClN2O3. The van der Waals surface area contributed by atoms with Gasteiger partial charge in [0.05, 0.1) is 16.8 Å². The van der Waals surface area contributed by atoms with Crippen LogP contribution in [0.3, 0.4) is 0 Å². The number of fused-ring (bicyclic) bond motifs is 2. The number of nitrogens with zero attached hydrogens (tertiary/aromatic N) is 2. The van der Waals surface area contributed by atoms with E-state index in [-0.39, 0.29) is 12.5 Å². The van der Waals surface area contributed by atoms with Gasteiger partial charge < -0.3 is 9.64 Å². The summed E-state index contributed by atoms with van der Waals surface area (Å²) in [4.78, 5) is 32.6. The molecule has 1 aromatic heterocycles. The molecular weight excluding hydrogens is 448 g/mol. The second-order valence-corrected chi connectivity index (χ2v) is 8.83. The first-order valence-electron chi connectivity index (χ1n) is 11.2. The Balaban J connectivity index is 1.41. The van der Waals surface area contributed by atoms with Crippen molar-refractivity contribution in [2.45, 2.75) is 19.9 Å². The lowest BCUT2D eigenvalue weighted by Crippen LogP contribution is -2.38. The number of pyridine rings is 1. The Labute approximate surface area is 202 Å². The average molecular weight is 471 g/mol. The predicted molar refractivity (Wildman–Crippen MR) is 133 cm³/mol. The van der Waals surface area contributed by atoms with Gasteiger partial charge in [0.25, 0.3) is 5.91 Å². The zero-order valence-corrected chi connectivity index (χ0v) is 19.5. The SMILES string of the molecule is Cc1c(-c2cccc(Cl)c2)nc2ccccc2c1C(=O)OCC(=O)N1CCc2ccccc2C1. The van der Waals surface area contributed by atoms with Gasteiger partial charge in [0.2, 0.25) is 0 Å². The molecule has 3 aromatic carbocycles. The highest BCUT2D eigenvalue weighted by molar-refractivity contribution is 6.30. The Morgan fingerprint density at radius 2 is 1.76 bits per heavy atom. The maximum Gasteiger partial charge on any atom is 0.339 e. The van der Waals surface area contributed by atoms with Crippen molar-refractivity contribution in [3.05, 3.63) is 100 Å². The van der Waals surface area contributed by atoms with Crippen molar-refractivity contribution < 1.29 is 14.3 Å². The smallest absolute Gasteiger partial charge is 0.339 e. The second-order valence-electron chi connectivity index (χ2n) is 8.40. The molecule has 0 unspecified atom stereocenters. The first kappa shape index (κ1) is 22.1. The fourth-order valence-corrected chi connectivity index (χ4v) is 4.68. The van der Waals surface area contributed by atoms with E-state index in [1.54, 1.807) is 11.0 Å². The zero-order chi connectivity index (χ0) is 23.7. The van der Waals surface area contributed by atoms with Crippen LogP contribution in [0.4, 0.5) is 0 Å². The molecule has 0 atom stereocenters. The number of aromatic nitrogens is 1. The monoisotopic (exact) mass is 470 g/mol. The second kappa shape index (κ2) is 9.27. The van der Waals surface area contributed by atoms with Crippen LogP contribution in [0.2, 0.25) is 5.02 Å². The summed E-state index contributed by atoms with van der Waals surface area (Å²) in [5.41, 5.74) is 5.64. The van der Waals surface area contributed by atoms with Crippen molar-refractivity contribution in [2.75, 3.05) is 13.2 Å². The number of rotatable bonds is 4. The van der Waals surface area contributed by atoms with Crippen LogP contribution in [-0.2, 0) is 22.5 Å². The summed E-state index contributed by atoms with van der Waals surface area (Å²) in [7, 11) is 0. The predicted octanol–water partition coefficient (Wildman–Crippen LogP) is 5.61. The van der Waals surface area contributed by atoms with Crippen LogP contribution in [0.5, 0.6) is 0 Å². The van der Waals surface area contributed by atoms with Gasteiger partial charge in [-0.3, -0.25) is 4.79 Å². The number of hydrogen-bond acceptors (Lipinski definition) is 4. The fraction of sp³-hybridized carbons (Fsp3) is 0.179. The molecule has 0 spiro atoms. The lowest BCUT2D eigenvalue weighted by atomic mass is 9.98. The highest BCUT2D eigenvalue weighted by Gasteiger charge is 2.24. The first-order chi connectivity index (χ1) is 16.5. The molecule has 170 valence electrons. The van der Waals surface area contributed by atoms with Crippen LogP contribution in [0.1, 0.15) is 27.0 Å². The Hall–Kier alpha value is -3.70. The van der Waals surface area contributed by atoms with Gasteiger partial charge in [-0.1, -0.05) is 66.2 Å². The highest BCUT2D eigenvalue weighted by atomic mass is 35.5. The number of para-hydroxylation sites is 1. The number of esters is 1. The molecule has 1 amide bonds. The van der Waals surface area contributed by atoms with Crippen molar-refractivity contribution >= 4 is 34.4 Å². The van der Waals surface area contributed by atoms with Gasteiger partial charge in [-0.2, -0.15) is 0 Å². The molecule has 2 heterocycles. The number of carbonyl (C=O) groups excluding carboxylic acids is 2. The molecule has 1 aliphatic heterocycles. The number of halogens is 1. The Morgan fingerprint density at radius 3 is 2.59 bits per heavy atom. The molecule has 5 rings (SSSR count). The summed E-state index contributed by atoms with van der Waals surface area (Å²) >= 11 is 6.20. The van der Waals surface area contributed by atoms with Gasteiger partial charge in [-0.05, 0) is 48.2 Å². The molecule has 34 heavy (non-hydrogen) atoms. The molecule has 0 saturated carbocycles. The van der Waals surface area contributed by atoms with E-state index < -0.39 is 5.97 Å². The maximum atomic E-state index is 13.3. The molecule has 1 aliphatic rings. The topological polar surface area (TPSA) is 59.5 Å². The van der Waals surface area contributed by atoms with E-state index in [1.807, 2.05) is 67.6 Å². The largest absolute Gasteiger partial charge is 0.452 e. The number of ether oxygens (including phenoxy) is 1. The minimum atomic E-state index is -0.537. The highest BCUT2D eigenvalue weighted by Crippen LogP contribution is 2.31. The van der Waals surface area contributed by atoms with Crippen molar-refractivity contribution in [1.29, 1.82) is 0 Å². The maximum absolute atomic E-state index is 13.3. The van der Waals surface area contributed by atoms with Crippen LogP contribution in [0.15, 0.2) is 72.8 Å². The third-order valence-corrected chi connectivity index (χ3v) is 6.48. The minimum absolute atomic E-state index is 0.200. The minimum Gasteiger partial charge on any atom is -0.452 e. The van der Waals surface area contributed by atoms with Gasteiger partial charge in [0.1, 0.15) is 0 Å². The van der Waals surface area contributed by atoms with Crippen LogP contribution in [0.25, 0.3) is 22.2 Å². The van der Waals surface area contributed by atoms with Crippen LogP contribution < -0.4 is 0 Å². The van der Waals surface area contributed by atoms with E-state index in [1.165, 1.54) is 5.56 Å². The van der Waals surface area contributed by atoms with Crippen molar-refractivity contribution in [3.63, 3.8) is 0 Å². The summed E-state index contributed by atoms with van der Waals surface area (Å²) < 4.78 is 5.55. The number of benzene rings is 3. The third-order valence-electron chi connectivity index (χ3n) is 6.25. The summed E-state index contributed by atoms with van der Waals surface area (Å²) in [6.07, 6.45) is 0.799. The van der Waals surface area contributed by atoms with Gasteiger partial charge >= 0.3 is 5.97 Å². The molecule has 0 fully saturated rings. The number of amides is 1. The summed E-state index contributed by atoms with van der Waals surface area (Å²) in [6.45, 7) is 2.69. The van der Waals surface area contributed by atoms with Gasteiger partial charge in [-0.25, -0.2) is 9.78 Å². The molecule has 0 saturated heterocycles. The van der Waals surface area contributed by atoms with E-state index in [0.717, 1.165) is 17.5 Å². The quantitative estimate of drug-likeness (QED) is 0.364. The van der Waals surface area contributed by atoms with Crippen molar-refractivity contribution in [2.24, 2.45) is 0 Å².